The topological polar surface area (TPSA) is 50.9 Å². The maximum Gasteiger partial charge on any atom is 0.112 e. The lowest BCUT2D eigenvalue weighted by Gasteiger charge is -2.09. The van der Waals surface area contributed by atoms with Crippen LogP contribution in [0, 0.1) is 5.92 Å². The fourth-order valence-corrected chi connectivity index (χ4v) is 2.03. The van der Waals surface area contributed by atoms with Gasteiger partial charge >= 0.3 is 0 Å². The average Bonchev–Trinajstić information content (AvgIpc) is 2.80. The van der Waals surface area contributed by atoms with Crippen molar-refractivity contribution in [1.29, 1.82) is 0 Å². The Morgan fingerprint density at radius 3 is 2.58 bits per heavy atom. The van der Waals surface area contributed by atoms with Gasteiger partial charge in [0.1, 0.15) is 5.69 Å². The van der Waals surface area contributed by atoms with Crippen LogP contribution in [-0.2, 0) is 19.6 Å². The van der Waals surface area contributed by atoms with Gasteiger partial charge in [0.05, 0.1) is 12.3 Å². The second-order valence-corrected chi connectivity index (χ2v) is 5.21. The van der Waals surface area contributed by atoms with E-state index in [4.69, 9.17) is 0 Å². The van der Waals surface area contributed by atoms with Gasteiger partial charge in [-0.3, -0.25) is 0 Å². The van der Waals surface area contributed by atoms with Crippen LogP contribution in [0.15, 0.2) is 30.3 Å². The van der Waals surface area contributed by atoms with Crippen molar-refractivity contribution in [1.82, 2.24) is 15.0 Å². The Labute approximate surface area is 114 Å². The molecule has 0 fully saturated rings. The number of rotatable bonds is 6. The Bertz CT molecular complexity index is 505. The molecule has 1 heterocycles. The second-order valence-electron chi connectivity index (χ2n) is 5.21. The Kier molecular flexibility index (Phi) is 4.68. The molecular formula is C15H21N3O. The van der Waals surface area contributed by atoms with Gasteiger partial charge in [-0.15, -0.1) is 5.10 Å². The molecule has 0 radical (unpaired) electrons. The van der Waals surface area contributed by atoms with E-state index in [0.717, 1.165) is 25.1 Å². The first-order valence-corrected chi connectivity index (χ1v) is 6.76. The number of aliphatic hydroxyl groups is 1. The molecule has 1 aromatic carbocycles. The third-order valence-electron chi connectivity index (χ3n) is 3.20. The molecule has 0 aliphatic rings. The van der Waals surface area contributed by atoms with Crippen molar-refractivity contribution in [3.05, 3.63) is 47.3 Å². The molecule has 0 bridgehead atoms. The SMILES string of the molecule is CC(C)CCn1nnc(CO)c1Cc1ccccc1. The predicted octanol–water partition coefficient (Wildman–Crippen LogP) is 2.41. The van der Waals surface area contributed by atoms with Crippen LogP contribution in [0.3, 0.4) is 0 Å². The predicted molar refractivity (Wildman–Crippen MR) is 74.6 cm³/mol. The molecule has 4 heteroatoms. The highest BCUT2D eigenvalue weighted by molar-refractivity contribution is 5.23. The molecule has 1 aromatic heterocycles. The van der Waals surface area contributed by atoms with E-state index in [-0.39, 0.29) is 6.61 Å². The van der Waals surface area contributed by atoms with Crippen LogP contribution in [0.5, 0.6) is 0 Å². The zero-order valence-electron chi connectivity index (χ0n) is 11.6. The number of aliphatic hydroxyl groups excluding tert-OH is 1. The third kappa shape index (κ3) is 3.64. The summed E-state index contributed by atoms with van der Waals surface area (Å²) in [4.78, 5) is 0. The number of nitrogens with zero attached hydrogens (tertiary/aromatic N) is 3. The number of hydrogen-bond acceptors (Lipinski definition) is 3. The first kappa shape index (κ1) is 13.7. The van der Waals surface area contributed by atoms with Crippen molar-refractivity contribution in [3.8, 4) is 0 Å². The minimum Gasteiger partial charge on any atom is -0.390 e. The van der Waals surface area contributed by atoms with E-state index in [1.54, 1.807) is 0 Å². The van der Waals surface area contributed by atoms with Gasteiger partial charge in [0.25, 0.3) is 0 Å². The summed E-state index contributed by atoms with van der Waals surface area (Å²) in [5.74, 6) is 0.631. The number of aryl methyl sites for hydroxylation is 1. The van der Waals surface area contributed by atoms with E-state index in [0.29, 0.717) is 11.6 Å². The van der Waals surface area contributed by atoms with Crippen LogP contribution in [0.4, 0.5) is 0 Å². The van der Waals surface area contributed by atoms with Gasteiger partial charge in [0.2, 0.25) is 0 Å². The Balaban J connectivity index is 2.19. The lowest BCUT2D eigenvalue weighted by molar-refractivity contribution is 0.275. The molecule has 2 rings (SSSR count). The standard InChI is InChI=1S/C15H21N3O/c1-12(2)8-9-18-15(14(11-19)16-17-18)10-13-6-4-3-5-7-13/h3-7,12,19H,8-11H2,1-2H3. The van der Waals surface area contributed by atoms with E-state index >= 15 is 0 Å². The molecule has 2 aromatic rings. The molecule has 19 heavy (non-hydrogen) atoms. The third-order valence-corrected chi connectivity index (χ3v) is 3.20. The normalized spacial score (nSPS) is 11.2. The summed E-state index contributed by atoms with van der Waals surface area (Å²) in [6.45, 7) is 5.19. The van der Waals surface area contributed by atoms with Gasteiger partial charge in [0, 0.05) is 13.0 Å². The van der Waals surface area contributed by atoms with Crippen molar-refractivity contribution < 1.29 is 5.11 Å². The van der Waals surface area contributed by atoms with Gasteiger partial charge in [-0.05, 0) is 17.9 Å². The Hall–Kier alpha value is -1.68. The van der Waals surface area contributed by atoms with Gasteiger partial charge in [-0.2, -0.15) is 0 Å². The van der Waals surface area contributed by atoms with E-state index in [2.05, 4.69) is 36.3 Å². The lowest BCUT2D eigenvalue weighted by Crippen LogP contribution is -2.09. The van der Waals surface area contributed by atoms with E-state index in [1.165, 1.54) is 5.56 Å². The van der Waals surface area contributed by atoms with Crippen molar-refractivity contribution in [2.75, 3.05) is 0 Å². The van der Waals surface area contributed by atoms with Gasteiger partial charge < -0.3 is 5.11 Å². The van der Waals surface area contributed by atoms with E-state index in [9.17, 15) is 5.11 Å². The average molecular weight is 259 g/mol. The van der Waals surface area contributed by atoms with Crippen LogP contribution in [0.2, 0.25) is 0 Å². The molecule has 0 aliphatic heterocycles. The zero-order chi connectivity index (χ0) is 13.7. The summed E-state index contributed by atoms with van der Waals surface area (Å²) in [6, 6.07) is 10.2. The number of aromatic nitrogens is 3. The molecule has 0 saturated heterocycles. The lowest BCUT2D eigenvalue weighted by atomic mass is 10.1. The second kappa shape index (κ2) is 6.48. The summed E-state index contributed by atoms with van der Waals surface area (Å²) in [5, 5.41) is 17.6. The fourth-order valence-electron chi connectivity index (χ4n) is 2.03. The summed E-state index contributed by atoms with van der Waals surface area (Å²) < 4.78 is 1.93. The summed E-state index contributed by atoms with van der Waals surface area (Å²) in [7, 11) is 0. The summed E-state index contributed by atoms with van der Waals surface area (Å²) in [5.41, 5.74) is 2.92. The molecule has 102 valence electrons. The summed E-state index contributed by atoms with van der Waals surface area (Å²) >= 11 is 0. The van der Waals surface area contributed by atoms with Gasteiger partial charge in [0.15, 0.2) is 0 Å². The maximum atomic E-state index is 9.37. The monoisotopic (exact) mass is 259 g/mol. The highest BCUT2D eigenvalue weighted by Gasteiger charge is 2.12. The quantitative estimate of drug-likeness (QED) is 0.866. The first-order chi connectivity index (χ1) is 9.20. The van der Waals surface area contributed by atoms with Crippen LogP contribution in [0.1, 0.15) is 37.2 Å². The molecule has 0 amide bonds. The Morgan fingerprint density at radius 2 is 1.95 bits per heavy atom. The van der Waals surface area contributed by atoms with Crippen LogP contribution in [-0.4, -0.2) is 20.1 Å². The van der Waals surface area contributed by atoms with Gasteiger partial charge in [-0.1, -0.05) is 49.4 Å². The van der Waals surface area contributed by atoms with Crippen molar-refractivity contribution >= 4 is 0 Å². The van der Waals surface area contributed by atoms with E-state index in [1.807, 2.05) is 22.9 Å². The molecule has 0 unspecified atom stereocenters. The highest BCUT2D eigenvalue weighted by atomic mass is 16.3. The van der Waals surface area contributed by atoms with Crippen LogP contribution in [0.25, 0.3) is 0 Å². The number of hydrogen-bond donors (Lipinski definition) is 1. The Morgan fingerprint density at radius 1 is 1.21 bits per heavy atom. The maximum absolute atomic E-state index is 9.37. The molecule has 4 nitrogen and oxygen atoms in total. The first-order valence-electron chi connectivity index (χ1n) is 6.76. The minimum atomic E-state index is -0.0517. The van der Waals surface area contributed by atoms with E-state index < -0.39 is 0 Å². The largest absolute Gasteiger partial charge is 0.390 e. The minimum absolute atomic E-state index is 0.0517. The smallest absolute Gasteiger partial charge is 0.112 e. The molecule has 0 atom stereocenters. The molecule has 0 saturated carbocycles. The fraction of sp³-hybridized carbons (Fsp3) is 0.467. The zero-order valence-corrected chi connectivity index (χ0v) is 11.6. The van der Waals surface area contributed by atoms with Crippen molar-refractivity contribution in [3.63, 3.8) is 0 Å². The number of benzene rings is 1. The molecule has 0 aliphatic carbocycles. The summed E-state index contributed by atoms with van der Waals surface area (Å²) in [6.07, 6.45) is 1.83. The molecule has 0 spiro atoms. The van der Waals surface area contributed by atoms with Gasteiger partial charge in [-0.25, -0.2) is 4.68 Å². The molecular weight excluding hydrogens is 238 g/mol. The van der Waals surface area contributed by atoms with Crippen LogP contribution < -0.4 is 0 Å². The van der Waals surface area contributed by atoms with Crippen LogP contribution >= 0.6 is 0 Å². The van der Waals surface area contributed by atoms with Crippen molar-refractivity contribution in [2.24, 2.45) is 5.92 Å². The highest BCUT2D eigenvalue weighted by Crippen LogP contribution is 2.14. The van der Waals surface area contributed by atoms with Crippen molar-refractivity contribution in [2.45, 2.75) is 39.8 Å². The molecule has 1 N–H and O–H groups in total.